The van der Waals surface area contributed by atoms with E-state index in [1.807, 2.05) is 96.2 Å². The van der Waals surface area contributed by atoms with Crippen molar-refractivity contribution in [2.45, 2.75) is 103 Å². The van der Waals surface area contributed by atoms with Gasteiger partial charge in [0, 0.05) is 94.4 Å². The van der Waals surface area contributed by atoms with Crippen LogP contribution in [-0.2, 0) is 13.1 Å². The van der Waals surface area contributed by atoms with E-state index in [9.17, 15) is 5.11 Å². The Bertz CT molecular complexity index is 5370. The minimum Gasteiger partial charge on any atom is -0.389 e. The molecule has 0 saturated heterocycles. The summed E-state index contributed by atoms with van der Waals surface area (Å²) in [6.45, 7) is 9.91. The second-order valence-corrected chi connectivity index (χ2v) is 25.5. The number of anilines is 4. The van der Waals surface area contributed by atoms with Gasteiger partial charge in [-0.3, -0.25) is 39.0 Å². The molecule has 2 fully saturated rings. The quantitative estimate of drug-likeness (QED) is 0.0630. The first-order valence-corrected chi connectivity index (χ1v) is 31.8. The Kier molecular flexibility index (Phi) is 15.1. The van der Waals surface area contributed by atoms with E-state index in [0.29, 0.717) is 48.4 Å². The average molecular weight is 1250 g/mol. The fourth-order valence-corrected chi connectivity index (χ4v) is 13.0. The van der Waals surface area contributed by atoms with Gasteiger partial charge in [0.25, 0.3) is 0 Å². The molecule has 4 aromatic carbocycles. The smallest absolute Gasteiger partial charge is 0.135 e. The molecule has 0 amide bonds. The molecule has 24 nitrogen and oxygen atoms in total. The molecule has 0 spiro atoms. The molecular weight excluding hydrogens is 1180 g/mol. The first-order valence-electron chi connectivity index (χ1n) is 31.8. The molecule has 472 valence electrons. The Morgan fingerprint density at radius 3 is 1.32 bits per heavy atom. The van der Waals surface area contributed by atoms with Crippen molar-refractivity contribution in [3.8, 4) is 33.8 Å². The second-order valence-electron chi connectivity index (χ2n) is 25.5. The summed E-state index contributed by atoms with van der Waals surface area (Å²) in [5.41, 5.74) is 39.1. The van der Waals surface area contributed by atoms with Gasteiger partial charge in [-0.25, -0.2) is 19.9 Å². The number of aliphatic hydroxyl groups is 1. The molecule has 24 heteroatoms. The molecule has 18 rings (SSSR count). The number of benzene rings is 4. The largest absolute Gasteiger partial charge is 0.389 e. The maximum atomic E-state index is 10.0. The van der Waals surface area contributed by atoms with Crippen LogP contribution < -0.4 is 22.9 Å². The van der Waals surface area contributed by atoms with Crippen LogP contribution in [0.15, 0.2) is 145 Å². The van der Waals surface area contributed by atoms with Gasteiger partial charge in [-0.15, -0.1) is 0 Å². The van der Waals surface area contributed by atoms with Crippen molar-refractivity contribution in [2.24, 2.45) is 10.9 Å². The van der Waals surface area contributed by atoms with Crippen molar-refractivity contribution in [1.29, 1.82) is 0 Å². The summed E-state index contributed by atoms with van der Waals surface area (Å²) in [6, 6.07) is 31.4. The molecule has 0 bridgehead atoms. The summed E-state index contributed by atoms with van der Waals surface area (Å²) in [5, 5.41) is 57.5. The molecule has 1 aliphatic heterocycles. The number of hydrogen-bond donors (Lipinski definition) is 8. The third-order valence-corrected chi connectivity index (χ3v) is 18.0. The maximum Gasteiger partial charge on any atom is 0.135 e. The summed E-state index contributed by atoms with van der Waals surface area (Å²) in [4.78, 5) is 22.5. The zero-order chi connectivity index (χ0) is 64.4. The van der Waals surface area contributed by atoms with E-state index in [4.69, 9.17) is 33.1 Å². The van der Waals surface area contributed by atoms with Gasteiger partial charge in [-0.1, -0.05) is 38.1 Å². The Morgan fingerprint density at radius 2 is 0.926 bits per heavy atom. The molecule has 2 unspecified atom stereocenters. The highest BCUT2D eigenvalue weighted by atomic mass is 16.3. The minimum absolute atomic E-state index is 0.394. The van der Waals surface area contributed by atoms with E-state index in [1.54, 1.807) is 37.1 Å². The van der Waals surface area contributed by atoms with Crippen LogP contribution >= 0.6 is 0 Å². The monoisotopic (exact) mass is 1250 g/mol. The van der Waals surface area contributed by atoms with Crippen molar-refractivity contribution < 1.29 is 5.11 Å². The van der Waals surface area contributed by atoms with Crippen LogP contribution in [0.1, 0.15) is 90.3 Å². The number of nitrogens with two attached hydrogens (primary N) is 4. The Hall–Kier alpha value is -11.4. The van der Waals surface area contributed by atoms with Crippen LogP contribution in [0, 0.1) is 5.92 Å². The topological polar surface area (TPSA) is 346 Å². The zero-order valence-corrected chi connectivity index (χ0v) is 52.6. The van der Waals surface area contributed by atoms with Gasteiger partial charge in [-0.05, 0) is 149 Å². The van der Waals surface area contributed by atoms with Gasteiger partial charge in [0.1, 0.15) is 45.3 Å². The number of hydrogen-bond acceptors (Lipinski definition) is 17. The molecule has 94 heavy (non-hydrogen) atoms. The maximum absolute atomic E-state index is 10.0. The number of aryl methyl sites for hydroxylation is 1. The van der Waals surface area contributed by atoms with Crippen LogP contribution in [0.2, 0.25) is 0 Å². The number of rotatable bonds is 10. The molecule has 2 atom stereocenters. The van der Waals surface area contributed by atoms with Crippen LogP contribution in [0.5, 0.6) is 0 Å². The number of H-pyrrole nitrogens is 3. The van der Waals surface area contributed by atoms with Gasteiger partial charge in [0.15, 0.2) is 0 Å². The molecule has 3 aliphatic rings. The van der Waals surface area contributed by atoms with Crippen LogP contribution in [-0.4, -0.2) is 113 Å². The predicted molar refractivity (Wildman–Crippen MR) is 373 cm³/mol. The summed E-state index contributed by atoms with van der Waals surface area (Å²) in [5.74, 6) is 2.82. The van der Waals surface area contributed by atoms with Crippen molar-refractivity contribution in [1.82, 2.24) is 89.6 Å². The van der Waals surface area contributed by atoms with Gasteiger partial charge in [0.05, 0.1) is 91.5 Å². The highest BCUT2D eigenvalue weighted by Crippen LogP contribution is 2.39. The van der Waals surface area contributed by atoms with E-state index in [1.165, 1.54) is 44.1 Å². The molecule has 15 aromatic rings. The number of allylic oxidation sites excluding steroid dienone is 1. The van der Waals surface area contributed by atoms with Crippen LogP contribution in [0.25, 0.3) is 127 Å². The number of nitrogens with zero attached hydrogens (tertiary/aromatic N) is 16. The van der Waals surface area contributed by atoms with Crippen molar-refractivity contribution in [3.05, 3.63) is 146 Å². The Labute approximate surface area is 538 Å². The lowest BCUT2D eigenvalue weighted by molar-refractivity contribution is 0.0580. The third kappa shape index (κ3) is 11.4. The first-order chi connectivity index (χ1) is 45.6. The van der Waals surface area contributed by atoms with Gasteiger partial charge in [-0.2, -0.15) is 35.7 Å². The number of aromatic nitrogens is 18. The lowest BCUT2D eigenvalue weighted by Crippen LogP contribution is -2.26. The van der Waals surface area contributed by atoms with E-state index >= 15 is 0 Å². The molecule has 2 saturated carbocycles. The van der Waals surface area contributed by atoms with E-state index < -0.39 is 5.60 Å². The van der Waals surface area contributed by atoms with Gasteiger partial charge in [0.2, 0.25) is 0 Å². The Balaban J connectivity index is 0.000000104. The normalized spacial score (nSPS) is 15.7. The zero-order valence-electron chi connectivity index (χ0n) is 52.6. The number of aliphatic imine (C=N–C) groups is 1. The summed E-state index contributed by atoms with van der Waals surface area (Å²) in [7, 11) is 0. The average Bonchev–Trinajstić information content (AvgIpc) is 1.57. The van der Waals surface area contributed by atoms with Gasteiger partial charge >= 0.3 is 0 Å². The SMILES string of the molecule is CC(C)(O)Cn1cc2c(N)nc3cc(C4=CC=NC4)ccc3c2n1.CC1CCC(n2cc3c(N)nc4cc(-c5ccn[nH]5)ccc4c3n2)C1.CCCn1cc2c(N)nc3cc(-c4ccn[nH]4)ccc3c2n1.Nc1nc2cc(-c3ccn[nH]3)ccc2c2nn(C3CCC3)cc12. The minimum atomic E-state index is -0.845. The summed E-state index contributed by atoms with van der Waals surface area (Å²) in [6.07, 6.45) is 25.3. The van der Waals surface area contributed by atoms with Gasteiger partial charge < -0.3 is 28.0 Å². The third-order valence-electron chi connectivity index (χ3n) is 18.0. The van der Waals surface area contributed by atoms with Crippen LogP contribution in [0.3, 0.4) is 0 Å². The first kappa shape index (κ1) is 58.9. The molecule has 12 heterocycles. The van der Waals surface area contributed by atoms with E-state index in [-0.39, 0.29) is 0 Å². The van der Waals surface area contributed by atoms with Crippen molar-refractivity contribution in [2.75, 3.05) is 29.5 Å². The Morgan fingerprint density at radius 1 is 0.500 bits per heavy atom. The number of aromatic amines is 3. The molecule has 12 N–H and O–H groups in total. The highest BCUT2D eigenvalue weighted by molar-refractivity contribution is 6.11. The molecule has 2 aliphatic carbocycles. The van der Waals surface area contributed by atoms with Crippen molar-refractivity contribution in [3.63, 3.8) is 0 Å². The molecule has 0 radical (unpaired) electrons. The number of nitrogen functional groups attached to an aromatic ring is 4. The molecular formula is C70H71N23O. The number of pyridine rings is 4. The number of nitrogens with one attached hydrogen (secondary N) is 3. The second kappa shape index (κ2) is 24.0. The number of fused-ring (bicyclic) bond motifs is 12. The standard InChI is InChI=1S/C19H20N6.C18H19N5O.C17H16N6.C16H16N6/c1-11-2-4-13(8-11)25-10-15-18(24-25)14-5-3-12(16-6-7-21-23-16)9-17(14)22-19(15)20;1-18(2,24)10-23-9-14-16(22-23)13-4-3-11(12-5-6-20-8-12)7-15(13)21-17(14)19;18-17-13-9-23(11-2-1-3-11)22-16(13)12-5-4-10(8-15(12)20-17)14-6-7-19-21-14;1-2-7-22-9-12-15(21-22)11-4-3-10(13-5-6-18-20-13)8-14(11)19-16(12)17/h3,5-7,9-11,13H,2,4,8H2,1H3,(H2,20,22)(H,21,23);3-7,9,24H,8,10H2,1-2H3,(H2,19,21);4-9,11H,1-3H2,(H2,18,20)(H,19,21);3-6,8-9H,2,7H2,1H3,(H2,17,19)(H,18,20). The van der Waals surface area contributed by atoms with Crippen LogP contribution in [0.4, 0.5) is 23.3 Å². The lowest BCUT2D eigenvalue weighted by atomic mass is 9.93. The van der Waals surface area contributed by atoms with Crippen molar-refractivity contribution >= 4 is 122 Å². The van der Waals surface area contributed by atoms with E-state index in [2.05, 4.69) is 125 Å². The van der Waals surface area contributed by atoms with E-state index in [0.717, 1.165) is 145 Å². The summed E-state index contributed by atoms with van der Waals surface area (Å²) < 4.78 is 7.83. The summed E-state index contributed by atoms with van der Waals surface area (Å²) >= 11 is 0. The lowest BCUT2D eigenvalue weighted by Gasteiger charge is -2.25. The highest BCUT2D eigenvalue weighted by Gasteiger charge is 2.26. The molecule has 11 aromatic heterocycles. The predicted octanol–water partition coefficient (Wildman–Crippen LogP) is 12.6. The fourth-order valence-electron chi connectivity index (χ4n) is 13.0. The fraction of sp³-hybridized carbons (Fsp3) is 0.257.